The van der Waals surface area contributed by atoms with E-state index in [4.69, 9.17) is 4.42 Å². The molecular weight excluding hydrogens is 234 g/mol. The predicted molar refractivity (Wildman–Crippen MR) is 62.6 cm³/mol. The van der Waals surface area contributed by atoms with E-state index in [0.29, 0.717) is 19.1 Å². The molecule has 2 heterocycles. The fourth-order valence-electron chi connectivity index (χ4n) is 2.15. The van der Waals surface area contributed by atoms with Crippen LogP contribution in [0.5, 0.6) is 0 Å². The van der Waals surface area contributed by atoms with Crippen molar-refractivity contribution in [2.45, 2.75) is 31.5 Å². The molecule has 6 nitrogen and oxygen atoms in total. The summed E-state index contributed by atoms with van der Waals surface area (Å²) < 4.78 is 5.28. The topological polar surface area (TPSA) is 74.6 Å². The third-order valence-electron chi connectivity index (χ3n) is 3.25. The number of rotatable bonds is 4. The van der Waals surface area contributed by atoms with Gasteiger partial charge in [0.1, 0.15) is 11.8 Å². The lowest BCUT2D eigenvalue weighted by Crippen LogP contribution is -2.46. The summed E-state index contributed by atoms with van der Waals surface area (Å²) in [5, 5.41) is 5.23. The Hall–Kier alpha value is -1.98. The molecule has 2 fully saturated rings. The minimum Gasteiger partial charge on any atom is -0.467 e. The first-order chi connectivity index (χ1) is 8.74. The normalized spacial score (nSPS) is 22.4. The van der Waals surface area contributed by atoms with Crippen molar-refractivity contribution < 1.29 is 14.0 Å². The molecule has 0 radical (unpaired) electrons. The molecule has 0 unspecified atom stereocenters. The fourth-order valence-corrected chi connectivity index (χ4v) is 2.15. The highest BCUT2D eigenvalue weighted by Gasteiger charge is 2.38. The van der Waals surface area contributed by atoms with Crippen LogP contribution in [0.1, 0.15) is 18.6 Å². The summed E-state index contributed by atoms with van der Waals surface area (Å²) in [5.41, 5.74) is 0. The summed E-state index contributed by atoms with van der Waals surface area (Å²) in [6.07, 6.45) is 3.66. The monoisotopic (exact) mass is 249 g/mol. The third-order valence-corrected chi connectivity index (χ3v) is 3.25. The second-order valence-corrected chi connectivity index (χ2v) is 4.68. The van der Waals surface area contributed by atoms with Crippen molar-refractivity contribution in [2.24, 2.45) is 0 Å². The number of hydrogen-bond acceptors (Lipinski definition) is 3. The van der Waals surface area contributed by atoms with Crippen LogP contribution in [0.15, 0.2) is 22.8 Å². The molecule has 1 aromatic rings. The van der Waals surface area contributed by atoms with Crippen LogP contribution < -0.4 is 10.6 Å². The fraction of sp³-hybridized carbons (Fsp3) is 0.500. The van der Waals surface area contributed by atoms with Gasteiger partial charge in [0, 0.05) is 12.6 Å². The predicted octanol–water partition coefficient (Wildman–Crippen LogP) is 0.452. The Morgan fingerprint density at radius 2 is 2.33 bits per heavy atom. The second kappa shape index (κ2) is 4.36. The van der Waals surface area contributed by atoms with Gasteiger partial charge in [0.05, 0.1) is 12.8 Å². The van der Waals surface area contributed by atoms with Gasteiger partial charge in [-0.15, -0.1) is 0 Å². The molecule has 0 spiro atoms. The molecule has 1 aromatic heterocycles. The quantitative estimate of drug-likeness (QED) is 0.813. The summed E-state index contributed by atoms with van der Waals surface area (Å²) in [6.45, 7) is 0.835. The van der Waals surface area contributed by atoms with Crippen molar-refractivity contribution in [1.82, 2.24) is 15.5 Å². The number of nitrogens with zero attached hydrogens (tertiary/aromatic N) is 1. The van der Waals surface area contributed by atoms with Gasteiger partial charge in [-0.3, -0.25) is 4.79 Å². The van der Waals surface area contributed by atoms with Crippen LogP contribution in [0.2, 0.25) is 0 Å². The molecule has 1 saturated carbocycles. The highest BCUT2D eigenvalue weighted by molar-refractivity contribution is 5.90. The molecule has 0 aromatic carbocycles. The molecule has 3 amide bonds. The lowest BCUT2D eigenvalue weighted by molar-refractivity contribution is -0.134. The Labute approximate surface area is 104 Å². The van der Waals surface area contributed by atoms with Crippen LogP contribution in [0.25, 0.3) is 0 Å². The van der Waals surface area contributed by atoms with E-state index in [1.54, 1.807) is 11.2 Å². The van der Waals surface area contributed by atoms with E-state index in [1.807, 2.05) is 12.1 Å². The molecule has 2 N–H and O–H groups in total. The SMILES string of the molecule is O=C1NC[C@@H](C(=O)N(Cc2ccco2)C2CC2)N1. The van der Waals surface area contributed by atoms with E-state index in [2.05, 4.69) is 10.6 Å². The Morgan fingerprint density at radius 3 is 2.89 bits per heavy atom. The van der Waals surface area contributed by atoms with Gasteiger partial charge in [-0.2, -0.15) is 0 Å². The van der Waals surface area contributed by atoms with Crippen molar-refractivity contribution >= 4 is 11.9 Å². The number of carbonyl (C=O) groups excluding carboxylic acids is 2. The average molecular weight is 249 g/mol. The molecule has 3 rings (SSSR count). The summed E-state index contributed by atoms with van der Waals surface area (Å²) in [7, 11) is 0. The first kappa shape index (κ1) is 11.1. The van der Waals surface area contributed by atoms with Crippen LogP contribution in [0.4, 0.5) is 4.79 Å². The number of amides is 3. The van der Waals surface area contributed by atoms with Gasteiger partial charge in [0.2, 0.25) is 5.91 Å². The van der Waals surface area contributed by atoms with Crippen LogP contribution in [0, 0.1) is 0 Å². The second-order valence-electron chi connectivity index (χ2n) is 4.68. The van der Waals surface area contributed by atoms with E-state index in [1.165, 1.54) is 0 Å². The summed E-state index contributed by atoms with van der Waals surface area (Å²) in [6, 6.07) is 3.23. The Bertz CT molecular complexity index is 453. The molecule has 1 aliphatic heterocycles. The van der Waals surface area contributed by atoms with Gasteiger partial charge >= 0.3 is 6.03 Å². The maximum atomic E-state index is 12.3. The van der Waals surface area contributed by atoms with Gasteiger partial charge in [0.25, 0.3) is 0 Å². The molecule has 1 atom stereocenters. The van der Waals surface area contributed by atoms with Gasteiger partial charge in [-0.25, -0.2) is 4.79 Å². The summed E-state index contributed by atoms with van der Waals surface area (Å²) in [4.78, 5) is 25.2. The van der Waals surface area contributed by atoms with Crippen molar-refractivity contribution in [3.8, 4) is 0 Å². The molecule has 96 valence electrons. The van der Waals surface area contributed by atoms with E-state index in [-0.39, 0.29) is 11.9 Å². The lowest BCUT2D eigenvalue weighted by atomic mass is 10.2. The van der Waals surface area contributed by atoms with Crippen molar-refractivity contribution in [1.29, 1.82) is 0 Å². The maximum absolute atomic E-state index is 12.3. The van der Waals surface area contributed by atoms with Gasteiger partial charge < -0.3 is 20.0 Å². The maximum Gasteiger partial charge on any atom is 0.315 e. The zero-order valence-corrected chi connectivity index (χ0v) is 9.89. The van der Waals surface area contributed by atoms with Gasteiger partial charge in [-0.1, -0.05) is 0 Å². The van der Waals surface area contributed by atoms with Crippen LogP contribution >= 0.6 is 0 Å². The number of urea groups is 1. The Morgan fingerprint density at radius 1 is 1.50 bits per heavy atom. The molecule has 1 aliphatic carbocycles. The molecule has 6 heteroatoms. The highest BCUT2D eigenvalue weighted by Crippen LogP contribution is 2.29. The Kier molecular flexibility index (Phi) is 2.70. The van der Waals surface area contributed by atoms with Gasteiger partial charge in [0.15, 0.2) is 0 Å². The molecule has 1 saturated heterocycles. The number of hydrogen-bond donors (Lipinski definition) is 2. The number of furan rings is 1. The van der Waals surface area contributed by atoms with Gasteiger partial charge in [-0.05, 0) is 25.0 Å². The molecule has 0 bridgehead atoms. The molecule has 2 aliphatic rings. The van der Waals surface area contributed by atoms with E-state index >= 15 is 0 Å². The van der Waals surface area contributed by atoms with Crippen LogP contribution in [0.3, 0.4) is 0 Å². The van der Waals surface area contributed by atoms with E-state index < -0.39 is 6.04 Å². The zero-order chi connectivity index (χ0) is 12.5. The van der Waals surface area contributed by atoms with E-state index in [0.717, 1.165) is 18.6 Å². The largest absolute Gasteiger partial charge is 0.467 e. The van der Waals surface area contributed by atoms with Crippen molar-refractivity contribution in [3.05, 3.63) is 24.2 Å². The summed E-state index contributed by atoms with van der Waals surface area (Å²) in [5.74, 6) is 0.736. The third kappa shape index (κ3) is 2.18. The number of carbonyl (C=O) groups is 2. The van der Waals surface area contributed by atoms with Crippen LogP contribution in [-0.2, 0) is 11.3 Å². The minimum absolute atomic E-state index is 0.0350. The average Bonchev–Trinajstić information content (AvgIpc) is 2.88. The number of nitrogens with one attached hydrogen (secondary N) is 2. The van der Waals surface area contributed by atoms with Crippen molar-refractivity contribution in [3.63, 3.8) is 0 Å². The standard InChI is InChI=1S/C12H15N3O3/c16-11(10-6-13-12(17)14-10)15(8-3-4-8)7-9-2-1-5-18-9/h1-2,5,8,10H,3-4,6-7H2,(H2,13,14,17)/t10-/m0/s1. The zero-order valence-electron chi connectivity index (χ0n) is 9.89. The molecule has 18 heavy (non-hydrogen) atoms. The Balaban J connectivity index is 1.69. The minimum atomic E-state index is -0.451. The van der Waals surface area contributed by atoms with Crippen molar-refractivity contribution in [2.75, 3.05) is 6.54 Å². The molecular formula is C12H15N3O3. The lowest BCUT2D eigenvalue weighted by Gasteiger charge is -2.24. The van der Waals surface area contributed by atoms with E-state index in [9.17, 15) is 9.59 Å². The first-order valence-electron chi connectivity index (χ1n) is 6.11. The first-order valence-corrected chi connectivity index (χ1v) is 6.11. The smallest absolute Gasteiger partial charge is 0.315 e. The highest BCUT2D eigenvalue weighted by atomic mass is 16.3. The summed E-state index contributed by atoms with van der Waals surface area (Å²) >= 11 is 0. The van der Waals surface area contributed by atoms with Crippen LogP contribution in [-0.4, -0.2) is 35.5 Å².